The van der Waals surface area contributed by atoms with Crippen LogP contribution in [-0.4, -0.2) is 42.3 Å². The zero-order chi connectivity index (χ0) is 14.9. The maximum Gasteiger partial charge on any atom is 0.416 e. The smallest absolute Gasteiger partial charge is 0.416 e. The van der Waals surface area contributed by atoms with Crippen molar-refractivity contribution in [2.75, 3.05) is 31.1 Å². The molecule has 20 heavy (non-hydrogen) atoms. The van der Waals surface area contributed by atoms with Crippen molar-refractivity contribution in [3.05, 3.63) is 29.6 Å². The minimum Gasteiger partial charge on any atom is -0.465 e. The Balaban J connectivity index is 2.13. The van der Waals surface area contributed by atoms with E-state index < -0.39 is 23.7 Å². The van der Waals surface area contributed by atoms with Gasteiger partial charge in [-0.3, -0.25) is 0 Å². The van der Waals surface area contributed by atoms with E-state index in [0.29, 0.717) is 6.07 Å². The monoisotopic (exact) mass is 292 g/mol. The molecule has 0 spiro atoms. The Hall–Kier alpha value is -1.99. The van der Waals surface area contributed by atoms with Crippen LogP contribution in [0.2, 0.25) is 0 Å². The molecule has 0 atom stereocenters. The van der Waals surface area contributed by atoms with Crippen molar-refractivity contribution >= 4 is 11.8 Å². The summed E-state index contributed by atoms with van der Waals surface area (Å²) in [6.07, 6.45) is -5.64. The van der Waals surface area contributed by atoms with Gasteiger partial charge >= 0.3 is 12.3 Å². The van der Waals surface area contributed by atoms with E-state index in [-0.39, 0.29) is 31.9 Å². The highest BCUT2D eigenvalue weighted by molar-refractivity contribution is 5.65. The SMILES string of the molecule is O=C(O)N1CCN(c2ccc(C(F)(F)F)cc2F)CC1. The lowest BCUT2D eigenvalue weighted by molar-refractivity contribution is -0.137. The van der Waals surface area contributed by atoms with Crippen LogP contribution in [0.25, 0.3) is 0 Å². The lowest BCUT2D eigenvalue weighted by atomic mass is 10.1. The van der Waals surface area contributed by atoms with Gasteiger partial charge in [0.15, 0.2) is 0 Å². The molecular formula is C12H12F4N2O2. The van der Waals surface area contributed by atoms with E-state index in [1.807, 2.05) is 0 Å². The summed E-state index contributed by atoms with van der Waals surface area (Å²) >= 11 is 0. The summed E-state index contributed by atoms with van der Waals surface area (Å²) in [4.78, 5) is 13.4. The molecule has 2 rings (SSSR count). The highest BCUT2D eigenvalue weighted by atomic mass is 19.4. The van der Waals surface area contributed by atoms with Gasteiger partial charge in [0.1, 0.15) is 5.82 Å². The Morgan fingerprint density at radius 2 is 1.75 bits per heavy atom. The van der Waals surface area contributed by atoms with Crippen LogP contribution in [0.15, 0.2) is 18.2 Å². The molecule has 1 aliphatic heterocycles. The largest absolute Gasteiger partial charge is 0.465 e. The average Bonchev–Trinajstić information content (AvgIpc) is 2.37. The Labute approximate surface area is 112 Å². The number of nitrogens with zero attached hydrogens (tertiary/aromatic N) is 2. The molecule has 0 aliphatic carbocycles. The van der Waals surface area contributed by atoms with Crippen molar-refractivity contribution in [2.45, 2.75) is 6.18 Å². The van der Waals surface area contributed by atoms with Crippen LogP contribution in [0.4, 0.5) is 28.0 Å². The number of amides is 1. The topological polar surface area (TPSA) is 43.8 Å². The highest BCUT2D eigenvalue weighted by Gasteiger charge is 2.32. The molecule has 0 saturated carbocycles. The van der Waals surface area contributed by atoms with Crippen molar-refractivity contribution in [3.63, 3.8) is 0 Å². The first kappa shape index (κ1) is 14.4. The molecule has 8 heteroatoms. The molecule has 1 fully saturated rings. The van der Waals surface area contributed by atoms with Gasteiger partial charge in [0.05, 0.1) is 11.3 Å². The Morgan fingerprint density at radius 1 is 1.15 bits per heavy atom. The molecular weight excluding hydrogens is 280 g/mol. The van der Waals surface area contributed by atoms with Crippen molar-refractivity contribution in [1.82, 2.24) is 4.90 Å². The molecule has 0 unspecified atom stereocenters. The molecule has 1 amide bonds. The molecule has 1 N–H and O–H groups in total. The third-order valence-corrected chi connectivity index (χ3v) is 3.17. The fourth-order valence-corrected chi connectivity index (χ4v) is 2.08. The number of piperazine rings is 1. The summed E-state index contributed by atoms with van der Waals surface area (Å²) in [5, 5.41) is 8.78. The molecule has 0 aromatic heterocycles. The third kappa shape index (κ3) is 2.94. The predicted octanol–water partition coefficient (Wildman–Crippen LogP) is 2.64. The van der Waals surface area contributed by atoms with Gasteiger partial charge in [-0.25, -0.2) is 9.18 Å². The number of rotatable bonds is 1. The molecule has 4 nitrogen and oxygen atoms in total. The van der Waals surface area contributed by atoms with Gasteiger partial charge in [-0.2, -0.15) is 13.2 Å². The maximum absolute atomic E-state index is 13.7. The highest BCUT2D eigenvalue weighted by Crippen LogP contribution is 2.32. The Morgan fingerprint density at radius 3 is 2.20 bits per heavy atom. The van der Waals surface area contributed by atoms with E-state index in [1.165, 1.54) is 9.80 Å². The fraction of sp³-hybridized carbons (Fsp3) is 0.417. The summed E-state index contributed by atoms with van der Waals surface area (Å²) < 4.78 is 51.0. The lowest BCUT2D eigenvalue weighted by Gasteiger charge is -2.34. The minimum absolute atomic E-state index is 0.0584. The van der Waals surface area contributed by atoms with E-state index in [2.05, 4.69) is 0 Å². The number of benzene rings is 1. The lowest BCUT2D eigenvalue weighted by Crippen LogP contribution is -2.48. The summed E-state index contributed by atoms with van der Waals surface area (Å²) in [5.41, 5.74) is -0.981. The predicted molar refractivity (Wildman–Crippen MR) is 63.2 cm³/mol. The molecule has 0 bridgehead atoms. The number of hydrogen-bond donors (Lipinski definition) is 1. The number of halogens is 4. The van der Waals surface area contributed by atoms with Gasteiger partial charge in [0.2, 0.25) is 0 Å². The van der Waals surface area contributed by atoms with Crippen LogP contribution < -0.4 is 4.90 Å². The quantitative estimate of drug-likeness (QED) is 0.809. The van der Waals surface area contributed by atoms with Gasteiger partial charge in [0, 0.05) is 26.2 Å². The van der Waals surface area contributed by atoms with Crippen molar-refractivity contribution in [3.8, 4) is 0 Å². The number of hydrogen-bond acceptors (Lipinski definition) is 2. The van der Waals surface area contributed by atoms with Gasteiger partial charge in [-0.05, 0) is 18.2 Å². The summed E-state index contributed by atoms with van der Waals surface area (Å²) in [6.45, 7) is 0.870. The van der Waals surface area contributed by atoms with Gasteiger partial charge in [-0.15, -0.1) is 0 Å². The van der Waals surface area contributed by atoms with Gasteiger partial charge in [0.25, 0.3) is 0 Å². The number of carbonyl (C=O) groups is 1. The summed E-state index contributed by atoms with van der Waals surface area (Å²) in [6, 6.07) is 2.36. The summed E-state index contributed by atoms with van der Waals surface area (Å²) in [5.74, 6) is -0.955. The molecule has 1 aliphatic rings. The van der Waals surface area contributed by atoms with E-state index in [9.17, 15) is 22.4 Å². The van der Waals surface area contributed by atoms with Crippen LogP contribution in [0.1, 0.15) is 5.56 Å². The Bertz CT molecular complexity index is 511. The van der Waals surface area contributed by atoms with Crippen LogP contribution >= 0.6 is 0 Å². The van der Waals surface area contributed by atoms with Crippen molar-refractivity contribution in [1.29, 1.82) is 0 Å². The number of alkyl halides is 3. The van der Waals surface area contributed by atoms with E-state index in [0.717, 1.165) is 12.1 Å². The minimum atomic E-state index is -4.58. The van der Waals surface area contributed by atoms with Crippen LogP contribution in [0.5, 0.6) is 0 Å². The second-order valence-corrected chi connectivity index (χ2v) is 4.42. The normalized spacial score (nSPS) is 16.4. The zero-order valence-corrected chi connectivity index (χ0v) is 10.3. The zero-order valence-electron chi connectivity index (χ0n) is 10.3. The third-order valence-electron chi connectivity index (χ3n) is 3.17. The summed E-state index contributed by atoms with van der Waals surface area (Å²) in [7, 11) is 0. The first-order valence-electron chi connectivity index (χ1n) is 5.88. The average molecular weight is 292 g/mol. The molecule has 110 valence electrons. The van der Waals surface area contributed by atoms with E-state index in [4.69, 9.17) is 5.11 Å². The number of carboxylic acid groups (broad SMARTS) is 1. The second-order valence-electron chi connectivity index (χ2n) is 4.42. The van der Waals surface area contributed by atoms with Crippen LogP contribution in [0, 0.1) is 5.82 Å². The van der Waals surface area contributed by atoms with E-state index in [1.54, 1.807) is 0 Å². The second kappa shape index (κ2) is 5.18. The van der Waals surface area contributed by atoms with Gasteiger partial charge in [-0.1, -0.05) is 0 Å². The van der Waals surface area contributed by atoms with E-state index >= 15 is 0 Å². The molecule has 0 radical (unpaired) electrons. The molecule has 1 saturated heterocycles. The van der Waals surface area contributed by atoms with Crippen molar-refractivity contribution in [2.24, 2.45) is 0 Å². The molecule has 1 aromatic carbocycles. The Kier molecular flexibility index (Phi) is 3.74. The van der Waals surface area contributed by atoms with Gasteiger partial charge < -0.3 is 14.9 Å². The standard InChI is InChI=1S/C12H12F4N2O2/c13-9-7-8(12(14,15)16)1-2-10(9)17-3-5-18(6-4-17)11(19)20/h1-2,7H,3-6H2,(H,19,20). The molecule has 1 aromatic rings. The molecule has 1 heterocycles. The first-order valence-corrected chi connectivity index (χ1v) is 5.88. The number of anilines is 1. The first-order chi connectivity index (χ1) is 9.29. The van der Waals surface area contributed by atoms with Crippen molar-refractivity contribution < 1.29 is 27.5 Å². The van der Waals surface area contributed by atoms with Crippen LogP contribution in [0.3, 0.4) is 0 Å². The maximum atomic E-state index is 13.7. The fourth-order valence-electron chi connectivity index (χ4n) is 2.08. The van der Waals surface area contributed by atoms with Crippen LogP contribution in [-0.2, 0) is 6.18 Å².